The molecule has 0 spiro atoms. The van der Waals surface area contributed by atoms with E-state index in [0.717, 1.165) is 0 Å². The fraction of sp³-hybridized carbons (Fsp3) is 0.133. The van der Waals surface area contributed by atoms with Gasteiger partial charge in [-0.2, -0.15) is 0 Å². The van der Waals surface area contributed by atoms with E-state index in [4.69, 9.17) is 15.2 Å². The molecule has 25 heavy (non-hydrogen) atoms. The quantitative estimate of drug-likeness (QED) is 0.679. The molecule has 1 amide bonds. The van der Waals surface area contributed by atoms with Crippen LogP contribution in [0.3, 0.4) is 0 Å². The van der Waals surface area contributed by atoms with Crippen molar-refractivity contribution in [1.82, 2.24) is 19.5 Å². The highest BCUT2D eigenvalue weighted by Crippen LogP contribution is 2.37. The van der Waals surface area contributed by atoms with E-state index in [1.54, 1.807) is 12.1 Å². The minimum absolute atomic E-state index is 0.0514. The summed E-state index contributed by atoms with van der Waals surface area (Å²) in [7, 11) is 1.51. The summed E-state index contributed by atoms with van der Waals surface area (Å²) in [6.45, 7) is 0.0514. The molecule has 0 atom stereocenters. The van der Waals surface area contributed by atoms with Gasteiger partial charge in [-0.15, -0.1) is 0 Å². The Morgan fingerprint density at radius 2 is 2.04 bits per heavy atom. The Morgan fingerprint density at radius 1 is 1.28 bits per heavy atom. The highest BCUT2D eigenvalue weighted by molar-refractivity contribution is 6.03. The van der Waals surface area contributed by atoms with E-state index in [-0.39, 0.29) is 29.8 Å². The van der Waals surface area contributed by atoms with Crippen molar-refractivity contribution in [3.05, 3.63) is 40.4 Å². The van der Waals surface area contributed by atoms with Gasteiger partial charge >= 0.3 is 0 Å². The number of ether oxygens (including phenoxy) is 2. The van der Waals surface area contributed by atoms with Crippen LogP contribution in [0.25, 0.3) is 10.9 Å². The fourth-order valence-electron chi connectivity index (χ4n) is 2.44. The first-order valence-electron chi connectivity index (χ1n) is 7.23. The van der Waals surface area contributed by atoms with Crippen molar-refractivity contribution in [3.8, 4) is 11.5 Å². The molecule has 126 valence electrons. The van der Waals surface area contributed by atoms with Crippen molar-refractivity contribution in [2.24, 2.45) is 7.05 Å². The third kappa shape index (κ3) is 2.40. The first kappa shape index (κ1) is 14.9. The predicted molar refractivity (Wildman–Crippen MR) is 87.5 cm³/mol. The maximum Gasteiger partial charge on any atom is 0.262 e. The molecule has 3 heterocycles. The van der Waals surface area contributed by atoms with Crippen LogP contribution in [0.15, 0.2) is 29.3 Å². The van der Waals surface area contributed by atoms with Crippen LogP contribution in [0.2, 0.25) is 0 Å². The molecule has 10 heteroatoms. The fourth-order valence-corrected chi connectivity index (χ4v) is 2.44. The van der Waals surface area contributed by atoms with Crippen LogP contribution in [0, 0.1) is 0 Å². The van der Waals surface area contributed by atoms with Crippen LogP contribution in [-0.4, -0.2) is 32.2 Å². The molecule has 1 aliphatic heterocycles. The van der Waals surface area contributed by atoms with Gasteiger partial charge in [0.05, 0.1) is 10.9 Å². The summed E-state index contributed by atoms with van der Waals surface area (Å²) in [6, 6.07) is 3.26. The van der Waals surface area contributed by atoms with Crippen LogP contribution in [0.4, 0.5) is 11.9 Å². The highest BCUT2D eigenvalue weighted by atomic mass is 16.7. The Balaban J connectivity index is 1.79. The standard InChI is InChI=1S/C15H12N6O4/c1-21-13(23)8-2-3-9-11(25-6-24-9)10(8)19-15(21)20-12(22)7-4-17-14(16)18-5-7/h2-5H,6H2,1H3,(H2,16,17,18)(H,19,20,22). The molecule has 0 saturated carbocycles. The Kier molecular flexibility index (Phi) is 3.24. The number of hydrogen-bond acceptors (Lipinski definition) is 8. The maximum absolute atomic E-state index is 12.5. The summed E-state index contributed by atoms with van der Waals surface area (Å²) in [5, 5.41) is 2.93. The number of anilines is 2. The van der Waals surface area contributed by atoms with Gasteiger partial charge in [-0.05, 0) is 12.1 Å². The molecule has 10 nitrogen and oxygen atoms in total. The Labute approximate surface area is 140 Å². The highest BCUT2D eigenvalue weighted by Gasteiger charge is 2.21. The predicted octanol–water partition coefficient (Wildman–Crippen LogP) is 0.287. The van der Waals surface area contributed by atoms with E-state index in [1.165, 1.54) is 24.0 Å². The van der Waals surface area contributed by atoms with Gasteiger partial charge < -0.3 is 15.2 Å². The lowest BCUT2D eigenvalue weighted by Gasteiger charge is -2.11. The van der Waals surface area contributed by atoms with Crippen molar-refractivity contribution in [2.45, 2.75) is 0 Å². The summed E-state index contributed by atoms with van der Waals surface area (Å²) in [6.07, 6.45) is 2.57. The van der Waals surface area contributed by atoms with Crippen LogP contribution in [0.5, 0.6) is 11.5 Å². The number of nitrogens with zero attached hydrogens (tertiary/aromatic N) is 4. The molecule has 4 rings (SSSR count). The first-order chi connectivity index (χ1) is 12.0. The molecule has 3 aromatic rings. The lowest BCUT2D eigenvalue weighted by Crippen LogP contribution is -2.25. The van der Waals surface area contributed by atoms with Gasteiger partial charge in [0.2, 0.25) is 18.7 Å². The first-order valence-corrected chi connectivity index (χ1v) is 7.23. The summed E-state index contributed by atoms with van der Waals surface area (Å²) < 4.78 is 11.9. The van der Waals surface area contributed by atoms with Crippen LogP contribution >= 0.6 is 0 Å². The number of aromatic nitrogens is 4. The van der Waals surface area contributed by atoms with Crippen LogP contribution in [-0.2, 0) is 7.05 Å². The molecular weight excluding hydrogens is 328 g/mol. The maximum atomic E-state index is 12.5. The zero-order valence-corrected chi connectivity index (χ0v) is 13.0. The lowest BCUT2D eigenvalue weighted by molar-refractivity contribution is 0.102. The van der Waals surface area contributed by atoms with Gasteiger partial charge in [0.25, 0.3) is 11.5 Å². The number of nitrogens with one attached hydrogen (secondary N) is 1. The molecule has 1 aliphatic rings. The zero-order valence-electron chi connectivity index (χ0n) is 13.0. The number of amides is 1. The summed E-state index contributed by atoms with van der Waals surface area (Å²) in [5.74, 6) is 0.467. The molecule has 0 radical (unpaired) electrons. The summed E-state index contributed by atoms with van der Waals surface area (Å²) in [5.41, 5.74) is 5.58. The number of hydrogen-bond donors (Lipinski definition) is 2. The second-order valence-corrected chi connectivity index (χ2v) is 5.28. The van der Waals surface area contributed by atoms with Crippen molar-refractivity contribution < 1.29 is 14.3 Å². The minimum Gasteiger partial charge on any atom is -0.454 e. The van der Waals surface area contributed by atoms with Crippen molar-refractivity contribution in [2.75, 3.05) is 17.8 Å². The van der Waals surface area contributed by atoms with Gasteiger partial charge in [-0.3, -0.25) is 19.5 Å². The van der Waals surface area contributed by atoms with Gasteiger partial charge in [-0.25, -0.2) is 15.0 Å². The van der Waals surface area contributed by atoms with Gasteiger partial charge in [0, 0.05) is 19.4 Å². The third-order valence-corrected chi connectivity index (χ3v) is 3.74. The summed E-state index contributed by atoms with van der Waals surface area (Å²) >= 11 is 0. The van der Waals surface area contributed by atoms with Crippen molar-refractivity contribution in [3.63, 3.8) is 0 Å². The SMILES string of the molecule is Cn1c(NC(=O)c2cnc(N)nc2)nc2c3c(ccc2c1=O)OCO3. The number of nitrogens with two attached hydrogens (primary N) is 1. The topological polar surface area (TPSA) is 134 Å². The van der Waals surface area contributed by atoms with E-state index < -0.39 is 5.91 Å². The molecular formula is C15H12N6O4. The number of carbonyl (C=O) groups excluding carboxylic acids is 1. The molecule has 1 aromatic carbocycles. The molecule has 0 unspecified atom stereocenters. The zero-order chi connectivity index (χ0) is 17.6. The Morgan fingerprint density at radius 3 is 2.80 bits per heavy atom. The molecule has 0 aliphatic carbocycles. The second-order valence-electron chi connectivity index (χ2n) is 5.28. The third-order valence-electron chi connectivity index (χ3n) is 3.74. The largest absolute Gasteiger partial charge is 0.454 e. The molecule has 2 aromatic heterocycles. The van der Waals surface area contributed by atoms with Crippen LogP contribution in [0.1, 0.15) is 10.4 Å². The van der Waals surface area contributed by atoms with Gasteiger partial charge in [0.15, 0.2) is 11.5 Å². The van der Waals surface area contributed by atoms with Crippen molar-refractivity contribution >= 4 is 28.7 Å². The normalized spacial score (nSPS) is 12.4. The molecule has 0 saturated heterocycles. The van der Waals surface area contributed by atoms with Crippen molar-refractivity contribution in [1.29, 1.82) is 0 Å². The van der Waals surface area contributed by atoms with Gasteiger partial charge in [0.1, 0.15) is 5.52 Å². The number of nitrogen functional groups attached to an aromatic ring is 1. The van der Waals surface area contributed by atoms with Gasteiger partial charge in [-0.1, -0.05) is 0 Å². The van der Waals surface area contributed by atoms with E-state index in [1.807, 2.05) is 0 Å². The van der Waals surface area contributed by atoms with E-state index in [0.29, 0.717) is 22.4 Å². The molecule has 0 bridgehead atoms. The molecule has 3 N–H and O–H groups in total. The van der Waals surface area contributed by atoms with Crippen LogP contribution < -0.4 is 26.1 Å². The minimum atomic E-state index is -0.522. The summed E-state index contributed by atoms with van der Waals surface area (Å²) in [4.78, 5) is 36.7. The monoisotopic (exact) mass is 340 g/mol. The average Bonchev–Trinajstić information content (AvgIpc) is 3.09. The molecule has 0 fully saturated rings. The van der Waals surface area contributed by atoms with E-state index >= 15 is 0 Å². The second kappa shape index (κ2) is 5.44. The van der Waals surface area contributed by atoms with E-state index in [9.17, 15) is 9.59 Å². The Hall–Kier alpha value is -3.69. The average molecular weight is 340 g/mol. The smallest absolute Gasteiger partial charge is 0.262 e. The number of fused-ring (bicyclic) bond motifs is 3. The number of carbonyl (C=O) groups is 1. The van der Waals surface area contributed by atoms with E-state index in [2.05, 4.69) is 20.3 Å². The number of benzene rings is 1. The Bertz CT molecular complexity index is 1060. The number of rotatable bonds is 2. The lowest BCUT2D eigenvalue weighted by atomic mass is 10.2.